The Hall–Kier alpha value is -0.870. The number of hydrogen-bond donors (Lipinski definition) is 0. The maximum atomic E-state index is 10.7. The molecular weight excluding hydrogens is 257 g/mol. The Morgan fingerprint density at radius 2 is 2.31 bits per heavy atom. The van der Waals surface area contributed by atoms with Crippen molar-refractivity contribution in [2.75, 3.05) is 0 Å². The van der Waals surface area contributed by atoms with Crippen LogP contribution in [0.1, 0.15) is 10.7 Å². The summed E-state index contributed by atoms with van der Waals surface area (Å²) in [6.07, 6.45) is 0. The molecule has 0 saturated heterocycles. The third-order valence-electron chi connectivity index (χ3n) is 1.52. The maximum Gasteiger partial charge on any atom is 0.307 e. The highest BCUT2D eigenvalue weighted by Crippen LogP contribution is 2.20. The fourth-order valence-corrected chi connectivity index (χ4v) is 1.41. The molecule has 2 aromatic rings. The van der Waals surface area contributed by atoms with Crippen molar-refractivity contribution in [1.29, 1.82) is 0 Å². The summed E-state index contributed by atoms with van der Waals surface area (Å²) in [6, 6.07) is 5.27. The smallest absolute Gasteiger partial charge is 0.307 e. The minimum Gasteiger partial charge on any atom is -0.433 e. The SMILES string of the molecule is O=C(Cl)c1nc2cc(Br)ccc2o1. The van der Waals surface area contributed by atoms with Crippen LogP contribution in [-0.4, -0.2) is 10.2 Å². The molecule has 0 unspecified atom stereocenters. The third kappa shape index (κ3) is 1.59. The second kappa shape index (κ2) is 3.12. The first-order valence-corrected chi connectivity index (χ1v) is 4.60. The Labute approximate surface area is 86.8 Å². The van der Waals surface area contributed by atoms with Gasteiger partial charge in [-0.15, -0.1) is 0 Å². The highest BCUT2D eigenvalue weighted by molar-refractivity contribution is 9.10. The fraction of sp³-hybridized carbons (Fsp3) is 0. The van der Waals surface area contributed by atoms with Crippen molar-refractivity contribution in [2.45, 2.75) is 0 Å². The number of benzene rings is 1. The van der Waals surface area contributed by atoms with Crippen LogP contribution in [0.25, 0.3) is 11.1 Å². The molecule has 0 aliphatic carbocycles. The van der Waals surface area contributed by atoms with Gasteiger partial charge in [-0.3, -0.25) is 4.79 Å². The van der Waals surface area contributed by atoms with Crippen molar-refractivity contribution >= 4 is 43.9 Å². The van der Waals surface area contributed by atoms with Gasteiger partial charge in [0, 0.05) is 4.47 Å². The summed E-state index contributed by atoms with van der Waals surface area (Å²) in [7, 11) is 0. The molecule has 66 valence electrons. The van der Waals surface area contributed by atoms with Gasteiger partial charge in [0.1, 0.15) is 5.52 Å². The number of rotatable bonds is 1. The maximum absolute atomic E-state index is 10.7. The molecular formula is C8H3BrClNO2. The van der Waals surface area contributed by atoms with E-state index in [0.29, 0.717) is 11.1 Å². The molecule has 1 heterocycles. The van der Waals surface area contributed by atoms with Crippen molar-refractivity contribution in [3.8, 4) is 0 Å². The van der Waals surface area contributed by atoms with Gasteiger partial charge in [0.05, 0.1) is 0 Å². The number of nitrogens with zero attached hydrogens (tertiary/aromatic N) is 1. The molecule has 0 amide bonds. The summed E-state index contributed by atoms with van der Waals surface area (Å²) in [5.41, 5.74) is 1.16. The number of aromatic nitrogens is 1. The molecule has 13 heavy (non-hydrogen) atoms. The minimum atomic E-state index is -0.688. The Balaban J connectivity index is 2.68. The Morgan fingerprint density at radius 1 is 1.54 bits per heavy atom. The van der Waals surface area contributed by atoms with Crippen LogP contribution < -0.4 is 0 Å². The predicted molar refractivity (Wildman–Crippen MR) is 51.9 cm³/mol. The second-order valence-corrected chi connectivity index (χ2v) is 3.66. The quantitative estimate of drug-likeness (QED) is 0.740. The molecule has 1 aromatic heterocycles. The minimum absolute atomic E-state index is 0.0743. The average Bonchev–Trinajstić information content (AvgIpc) is 2.46. The Kier molecular flexibility index (Phi) is 2.09. The summed E-state index contributed by atoms with van der Waals surface area (Å²) in [5.74, 6) is -0.0743. The zero-order valence-corrected chi connectivity index (χ0v) is 8.59. The van der Waals surface area contributed by atoms with E-state index in [1.807, 2.05) is 0 Å². The molecule has 3 nitrogen and oxygen atoms in total. The van der Waals surface area contributed by atoms with E-state index in [-0.39, 0.29) is 5.89 Å². The molecule has 0 radical (unpaired) electrons. The zero-order valence-electron chi connectivity index (χ0n) is 6.25. The lowest BCUT2D eigenvalue weighted by Gasteiger charge is -1.85. The van der Waals surface area contributed by atoms with Crippen molar-refractivity contribution in [3.05, 3.63) is 28.6 Å². The van der Waals surface area contributed by atoms with E-state index < -0.39 is 5.24 Å². The Morgan fingerprint density at radius 3 is 3.00 bits per heavy atom. The molecule has 2 rings (SSSR count). The molecule has 0 saturated carbocycles. The van der Waals surface area contributed by atoms with Crippen molar-refractivity contribution < 1.29 is 9.21 Å². The topological polar surface area (TPSA) is 43.1 Å². The average molecular weight is 260 g/mol. The van der Waals surface area contributed by atoms with E-state index in [1.54, 1.807) is 18.2 Å². The highest BCUT2D eigenvalue weighted by Gasteiger charge is 2.11. The summed E-state index contributed by atoms with van der Waals surface area (Å²) in [5, 5.41) is -0.688. The van der Waals surface area contributed by atoms with Gasteiger partial charge in [0.15, 0.2) is 5.58 Å². The lowest BCUT2D eigenvalue weighted by atomic mass is 10.3. The molecule has 0 atom stereocenters. The molecule has 0 aliphatic heterocycles. The van der Waals surface area contributed by atoms with Gasteiger partial charge in [-0.1, -0.05) is 15.9 Å². The van der Waals surface area contributed by atoms with E-state index in [9.17, 15) is 4.79 Å². The predicted octanol–water partition coefficient (Wildman–Crippen LogP) is 2.97. The van der Waals surface area contributed by atoms with Crippen LogP contribution in [0.15, 0.2) is 27.1 Å². The van der Waals surface area contributed by atoms with E-state index in [0.717, 1.165) is 4.47 Å². The van der Waals surface area contributed by atoms with Crippen LogP contribution in [0.5, 0.6) is 0 Å². The van der Waals surface area contributed by atoms with Crippen molar-refractivity contribution in [2.24, 2.45) is 0 Å². The Bertz CT molecular complexity index is 480. The van der Waals surface area contributed by atoms with Gasteiger partial charge in [0.25, 0.3) is 5.89 Å². The number of hydrogen-bond acceptors (Lipinski definition) is 3. The van der Waals surface area contributed by atoms with Crippen LogP contribution in [0.3, 0.4) is 0 Å². The van der Waals surface area contributed by atoms with E-state index in [4.69, 9.17) is 16.0 Å². The van der Waals surface area contributed by atoms with Crippen LogP contribution in [0.2, 0.25) is 0 Å². The first kappa shape index (κ1) is 8.72. The number of oxazole rings is 1. The van der Waals surface area contributed by atoms with Gasteiger partial charge >= 0.3 is 5.24 Å². The molecule has 0 bridgehead atoms. The molecule has 1 aromatic carbocycles. The normalized spacial score (nSPS) is 10.6. The number of carbonyl (C=O) groups excluding carboxylic acids is 1. The summed E-state index contributed by atoms with van der Waals surface area (Å²) < 4.78 is 5.95. The summed E-state index contributed by atoms with van der Waals surface area (Å²) >= 11 is 8.49. The van der Waals surface area contributed by atoms with Crippen molar-refractivity contribution in [3.63, 3.8) is 0 Å². The lowest BCUT2D eigenvalue weighted by Crippen LogP contribution is -1.85. The van der Waals surface area contributed by atoms with Gasteiger partial charge in [-0.05, 0) is 29.8 Å². The standard InChI is InChI=1S/C8H3BrClNO2/c9-4-1-2-6-5(3-4)11-8(13-6)7(10)12/h1-3H. The second-order valence-electron chi connectivity index (χ2n) is 2.40. The summed E-state index contributed by atoms with van der Waals surface area (Å²) in [6.45, 7) is 0. The van der Waals surface area contributed by atoms with Gasteiger partial charge < -0.3 is 4.42 Å². The highest BCUT2D eigenvalue weighted by atomic mass is 79.9. The zero-order chi connectivity index (χ0) is 9.42. The molecule has 5 heteroatoms. The molecule has 0 N–H and O–H groups in total. The van der Waals surface area contributed by atoms with Gasteiger partial charge in [-0.25, -0.2) is 4.98 Å². The van der Waals surface area contributed by atoms with Crippen LogP contribution in [0, 0.1) is 0 Å². The van der Waals surface area contributed by atoms with E-state index >= 15 is 0 Å². The third-order valence-corrected chi connectivity index (χ3v) is 2.17. The molecule has 0 fully saturated rings. The van der Waals surface area contributed by atoms with Crippen LogP contribution >= 0.6 is 27.5 Å². The lowest BCUT2D eigenvalue weighted by molar-refractivity contribution is 0.105. The first-order chi connectivity index (χ1) is 6.16. The fourth-order valence-electron chi connectivity index (χ4n) is 0.985. The number of fused-ring (bicyclic) bond motifs is 1. The number of halogens is 2. The van der Waals surface area contributed by atoms with Crippen LogP contribution in [0.4, 0.5) is 0 Å². The monoisotopic (exact) mass is 259 g/mol. The largest absolute Gasteiger partial charge is 0.433 e. The summed E-state index contributed by atoms with van der Waals surface area (Å²) in [4.78, 5) is 14.6. The number of carbonyl (C=O) groups is 1. The van der Waals surface area contributed by atoms with E-state index in [1.165, 1.54) is 0 Å². The van der Waals surface area contributed by atoms with Crippen molar-refractivity contribution in [1.82, 2.24) is 4.98 Å². The molecule has 0 spiro atoms. The molecule has 0 aliphatic rings. The van der Waals surface area contributed by atoms with Gasteiger partial charge in [0.2, 0.25) is 0 Å². The first-order valence-electron chi connectivity index (χ1n) is 3.43. The van der Waals surface area contributed by atoms with Gasteiger partial charge in [-0.2, -0.15) is 0 Å². The van der Waals surface area contributed by atoms with Crippen LogP contribution in [-0.2, 0) is 0 Å². The van der Waals surface area contributed by atoms with E-state index in [2.05, 4.69) is 20.9 Å².